The molecule has 0 spiro atoms. The normalized spacial score (nSPS) is 14.0. The van der Waals surface area contributed by atoms with Crippen molar-refractivity contribution in [3.05, 3.63) is 36.7 Å². The summed E-state index contributed by atoms with van der Waals surface area (Å²) in [5.41, 5.74) is 8.56. The maximum atomic E-state index is 5.92. The summed E-state index contributed by atoms with van der Waals surface area (Å²) in [6.07, 6.45) is 4.29. The molecule has 0 unspecified atom stereocenters. The average molecular weight is 242 g/mol. The number of fused-ring (bicyclic) bond motifs is 1. The number of benzene rings is 1. The topological polar surface area (TPSA) is 57.4 Å². The van der Waals surface area contributed by atoms with E-state index in [9.17, 15) is 0 Å². The summed E-state index contributed by atoms with van der Waals surface area (Å²) in [5, 5.41) is 0. The number of nitrogens with zero attached hydrogens (tertiary/aromatic N) is 1. The van der Waals surface area contributed by atoms with Gasteiger partial charge < -0.3 is 15.2 Å². The fourth-order valence-electron chi connectivity index (χ4n) is 2.00. The van der Waals surface area contributed by atoms with Crippen LogP contribution in [0.25, 0.3) is 11.1 Å². The quantitative estimate of drug-likeness (QED) is 0.834. The molecule has 2 heterocycles. The third-order valence-corrected chi connectivity index (χ3v) is 2.91. The van der Waals surface area contributed by atoms with Crippen LogP contribution in [0.4, 0.5) is 5.69 Å². The lowest BCUT2D eigenvalue weighted by atomic mass is 10.1. The minimum absolute atomic E-state index is 0.659. The molecule has 2 N–H and O–H groups in total. The molecular formula is C14H14N2O2. The average Bonchev–Trinajstić information content (AvgIpc) is 2.63. The van der Waals surface area contributed by atoms with E-state index in [1.54, 1.807) is 12.4 Å². The number of pyridine rings is 1. The van der Waals surface area contributed by atoms with Crippen molar-refractivity contribution >= 4 is 5.69 Å². The van der Waals surface area contributed by atoms with Crippen molar-refractivity contribution in [1.82, 2.24) is 4.98 Å². The first-order valence-electron chi connectivity index (χ1n) is 5.94. The lowest BCUT2D eigenvalue weighted by molar-refractivity contribution is 0.297. The van der Waals surface area contributed by atoms with Gasteiger partial charge in [-0.15, -0.1) is 0 Å². The standard InChI is InChI=1S/C14H14N2O2/c15-12-9-16-5-4-11(12)10-2-3-13-14(8-10)18-7-1-6-17-13/h2-5,8-9H,1,6-7,15H2. The summed E-state index contributed by atoms with van der Waals surface area (Å²) >= 11 is 0. The van der Waals surface area contributed by atoms with Crippen LogP contribution < -0.4 is 15.2 Å². The van der Waals surface area contributed by atoms with Crippen molar-refractivity contribution in [3.63, 3.8) is 0 Å². The van der Waals surface area contributed by atoms with E-state index < -0.39 is 0 Å². The Morgan fingerprint density at radius 3 is 2.72 bits per heavy atom. The second-order valence-corrected chi connectivity index (χ2v) is 4.17. The van der Waals surface area contributed by atoms with Gasteiger partial charge in [-0.2, -0.15) is 0 Å². The molecule has 3 rings (SSSR count). The van der Waals surface area contributed by atoms with Gasteiger partial charge in [-0.3, -0.25) is 4.98 Å². The van der Waals surface area contributed by atoms with Crippen molar-refractivity contribution in [2.24, 2.45) is 0 Å². The molecule has 1 aromatic heterocycles. The SMILES string of the molecule is Nc1cnccc1-c1ccc2c(c1)OCCCO2. The number of hydrogen-bond donors (Lipinski definition) is 1. The van der Waals surface area contributed by atoms with Crippen LogP contribution in [0.2, 0.25) is 0 Å². The van der Waals surface area contributed by atoms with Crippen molar-refractivity contribution in [2.75, 3.05) is 18.9 Å². The van der Waals surface area contributed by atoms with Crippen LogP contribution in [0.5, 0.6) is 11.5 Å². The molecule has 0 radical (unpaired) electrons. The molecule has 0 saturated carbocycles. The molecule has 0 fully saturated rings. The van der Waals surface area contributed by atoms with Crippen LogP contribution in [0.3, 0.4) is 0 Å². The summed E-state index contributed by atoms with van der Waals surface area (Å²) < 4.78 is 11.3. The van der Waals surface area contributed by atoms with E-state index in [2.05, 4.69) is 4.98 Å². The molecule has 0 saturated heterocycles. The zero-order chi connectivity index (χ0) is 12.4. The summed E-state index contributed by atoms with van der Waals surface area (Å²) in [5.74, 6) is 1.57. The van der Waals surface area contributed by atoms with Crippen molar-refractivity contribution < 1.29 is 9.47 Å². The summed E-state index contributed by atoms with van der Waals surface area (Å²) in [4.78, 5) is 3.99. The van der Waals surface area contributed by atoms with Crippen LogP contribution in [0.15, 0.2) is 36.7 Å². The number of nitrogen functional groups attached to an aromatic ring is 1. The lowest BCUT2D eigenvalue weighted by Crippen LogP contribution is -1.97. The van der Waals surface area contributed by atoms with Crippen LogP contribution in [0.1, 0.15) is 6.42 Å². The largest absolute Gasteiger partial charge is 0.490 e. The molecule has 18 heavy (non-hydrogen) atoms. The lowest BCUT2D eigenvalue weighted by Gasteiger charge is -2.10. The molecule has 0 amide bonds. The Kier molecular flexibility index (Phi) is 2.76. The Morgan fingerprint density at radius 1 is 1.06 bits per heavy atom. The van der Waals surface area contributed by atoms with Gasteiger partial charge in [0.1, 0.15) is 0 Å². The number of ether oxygens (including phenoxy) is 2. The molecule has 0 bridgehead atoms. The molecule has 4 heteroatoms. The highest BCUT2D eigenvalue weighted by Crippen LogP contribution is 2.35. The van der Waals surface area contributed by atoms with Gasteiger partial charge in [0, 0.05) is 18.2 Å². The van der Waals surface area contributed by atoms with Gasteiger partial charge in [0.15, 0.2) is 11.5 Å². The minimum Gasteiger partial charge on any atom is -0.490 e. The smallest absolute Gasteiger partial charge is 0.161 e. The van der Waals surface area contributed by atoms with Gasteiger partial charge in [0.25, 0.3) is 0 Å². The van der Waals surface area contributed by atoms with Crippen molar-refractivity contribution in [1.29, 1.82) is 0 Å². The van der Waals surface area contributed by atoms with Crippen LogP contribution >= 0.6 is 0 Å². The second kappa shape index (κ2) is 4.56. The van der Waals surface area contributed by atoms with Gasteiger partial charge in [-0.1, -0.05) is 6.07 Å². The first kappa shape index (κ1) is 10.9. The van der Waals surface area contributed by atoms with E-state index in [-0.39, 0.29) is 0 Å². The molecule has 92 valence electrons. The first-order valence-corrected chi connectivity index (χ1v) is 5.94. The van der Waals surface area contributed by atoms with Crippen molar-refractivity contribution in [3.8, 4) is 22.6 Å². The van der Waals surface area contributed by atoms with Gasteiger partial charge in [-0.05, 0) is 23.8 Å². The third kappa shape index (κ3) is 1.97. The van der Waals surface area contributed by atoms with Crippen molar-refractivity contribution in [2.45, 2.75) is 6.42 Å². The molecule has 1 aliphatic heterocycles. The molecule has 2 aromatic rings. The molecule has 0 atom stereocenters. The number of nitrogens with two attached hydrogens (primary N) is 1. The van der Waals surface area contributed by atoms with E-state index in [1.165, 1.54) is 0 Å². The Balaban J connectivity index is 2.04. The molecular weight excluding hydrogens is 228 g/mol. The van der Waals surface area contributed by atoms with E-state index in [0.29, 0.717) is 18.9 Å². The Labute approximate surface area is 105 Å². The summed E-state index contributed by atoms with van der Waals surface area (Å²) in [6.45, 7) is 1.38. The predicted molar refractivity (Wildman–Crippen MR) is 69.7 cm³/mol. The van der Waals surface area contributed by atoms with Crippen LogP contribution in [-0.4, -0.2) is 18.2 Å². The number of anilines is 1. The van der Waals surface area contributed by atoms with Gasteiger partial charge >= 0.3 is 0 Å². The van der Waals surface area contributed by atoms with Crippen LogP contribution in [0, 0.1) is 0 Å². The highest BCUT2D eigenvalue weighted by atomic mass is 16.5. The van der Waals surface area contributed by atoms with E-state index in [0.717, 1.165) is 29.0 Å². The van der Waals surface area contributed by atoms with Gasteiger partial charge in [0.2, 0.25) is 0 Å². The molecule has 1 aliphatic rings. The second-order valence-electron chi connectivity index (χ2n) is 4.17. The Morgan fingerprint density at radius 2 is 1.89 bits per heavy atom. The maximum Gasteiger partial charge on any atom is 0.161 e. The van der Waals surface area contributed by atoms with Gasteiger partial charge in [0.05, 0.1) is 25.1 Å². The maximum absolute atomic E-state index is 5.92. The predicted octanol–water partition coefficient (Wildman–Crippen LogP) is 2.49. The number of aromatic nitrogens is 1. The summed E-state index contributed by atoms with van der Waals surface area (Å²) in [7, 11) is 0. The fraction of sp³-hybridized carbons (Fsp3) is 0.214. The van der Waals surface area contributed by atoms with E-state index in [1.807, 2.05) is 24.3 Å². The first-order chi connectivity index (χ1) is 8.84. The molecule has 4 nitrogen and oxygen atoms in total. The highest BCUT2D eigenvalue weighted by molar-refractivity contribution is 5.77. The number of hydrogen-bond acceptors (Lipinski definition) is 4. The molecule has 0 aliphatic carbocycles. The fourth-order valence-corrected chi connectivity index (χ4v) is 2.00. The number of rotatable bonds is 1. The van der Waals surface area contributed by atoms with Crippen LogP contribution in [-0.2, 0) is 0 Å². The minimum atomic E-state index is 0.659. The highest BCUT2D eigenvalue weighted by Gasteiger charge is 2.12. The summed E-state index contributed by atoms with van der Waals surface area (Å²) in [6, 6.07) is 7.77. The van der Waals surface area contributed by atoms with Gasteiger partial charge in [-0.25, -0.2) is 0 Å². The third-order valence-electron chi connectivity index (χ3n) is 2.91. The zero-order valence-corrected chi connectivity index (χ0v) is 9.93. The Bertz CT molecular complexity index is 569. The van der Waals surface area contributed by atoms with E-state index in [4.69, 9.17) is 15.2 Å². The van der Waals surface area contributed by atoms with E-state index >= 15 is 0 Å². The monoisotopic (exact) mass is 242 g/mol. The Hall–Kier alpha value is -2.23. The zero-order valence-electron chi connectivity index (χ0n) is 9.93. The molecule has 1 aromatic carbocycles.